The minimum Gasteiger partial charge on any atom is -0.478 e. The fourth-order valence-corrected chi connectivity index (χ4v) is 1.88. The highest BCUT2D eigenvalue weighted by Gasteiger charge is 2.15. The van der Waals surface area contributed by atoms with E-state index in [1.807, 2.05) is 0 Å². The molecule has 2 aromatic carbocycles. The topological polar surface area (TPSA) is 76.2 Å². The zero-order chi connectivity index (χ0) is 15.7. The van der Waals surface area contributed by atoms with Crippen molar-refractivity contribution >= 4 is 5.97 Å². The Labute approximate surface area is 122 Å². The first-order valence-electron chi connectivity index (χ1n) is 6.17. The van der Waals surface area contributed by atoms with E-state index in [-0.39, 0.29) is 11.7 Å². The lowest BCUT2D eigenvalue weighted by atomic mass is 10.1. The SMILES string of the molecule is O=C(O)c1cc(-c2noc(-c3ccc(F)cc3)n2)ccc1F. The van der Waals surface area contributed by atoms with E-state index in [1.54, 1.807) is 0 Å². The molecule has 1 N–H and O–H groups in total. The van der Waals surface area contributed by atoms with Crippen LogP contribution in [0.3, 0.4) is 0 Å². The molecule has 3 aromatic rings. The maximum absolute atomic E-state index is 13.4. The summed E-state index contributed by atoms with van der Waals surface area (Å²) in [5, 5.41) is 12.6. The molecule has 0 radical (unpaired) electrons. The number of nitrogens with zero attached hydrogens (tertiary/aromatic N) is 2. The Hall–Kier alpha value is -3.09. The monoisotopic (exact) mass is 302 g/mol. The van der Waals surface area contributed by atoms with Crippen molar-refractivity contribution < 1.29 is 23.2 Å². The second-order valence-corrected chi connectivity index (χ2v) is 4.43. The third-order valence-electron chi connectivity index (χ3n) is 2.97. The van der Waals surface area contributed by atoms with Gasteiger partial charge in [0.25, 0.3) is 5.89 Å². The minimum absolute atomic E-state index is 0.113. The van der Waals surface area contributed by atoms with Crippen LogP contribution in [0.5, 0.6) is 0 Å². The molecule has 1 aromatic heterocycles. The van der Waals surface area contributed by atoms with Gasteiger partial charge in [0.1, 0.15) is 11.6 Å². The van der Waals surface area contributed by atoms with E-state index in [9.17, 15) is 13.6 Å². The van der Waals surface area contributed by atoms with Crippen molar-refractivity contribution in [3.8, 4) is 22.8 Å². The van der Waals surface area contributed by atoms with Crippen LogP contribution in [-0.2, 0) is 0 Å². The number of hydrogen-bond acceptors (Lipinski definition) is 4. The first kappa shape index (κ1) is 13.9. The van der Waals surface area contributed by atoms with E-state index in [0.29, 0.717) is 11.1 Å². The molecule has 0 atom stereocenters. The molecule has 0 spiro atoms. The highest BCUT2D eigenvalue weighted by Crippen LogP contribution is 2.24. The molecule has 0 aliphatic rings. The van der Waals surface area contributed by atoms with Crippen LogP contribution in [0.1, 0.15) is 10.4 Å². The van der Waals surface area contributed by atoms with Crippen LogP contribution in [0.2, 0.25) is 0 Å². The molecule has 0 amide bonds. The number of halogens is 2. The van der Waals surface area contributed by atoms with Crippen LogP contribution >= 0.6 is 0 Å². The number of hydrogen-bond donors (Lipinski definition) is 1. The van der Waals surface area contributed by atoms with Crippen molar-refractivity contribution in [2.75, 3.05) is 0 Å². The lowest BCUT2D eigenvalue weighted by Gasteiger charge is -1.99. The van der Waals surface area contributed by atoms with Crippen molar-refractivity contribution in [2.45, 2.75) is 0 Å². The number of benzene rings is 2. The first-order chi connectivity index (χ1) is 10.5. The normalized spacial score (nSPS) is 10.6. The van der Waals surface area contributed by atoms with Crippen LogP contribution < -0.4 is 0 Å². The highest BCUT2D eigenvalue weighted by atomic mass is 19.1. The second-order valence-electron chi connectivity index (χ2n) is 4.43. The highest BCUT2D eigenvalue weighted by molar-refractivity contribution is 5.89. The molecule has 1 heterocycles. The number of carboxylic acid groups (broad SMARTS) is 1. The summed E-state index contributed by atoms with van der Waals surface area (Å²) in [6.07, 6.45) is 0. The summed E-state index contributed by atoms with van der Waals surface area (Å²) in [6, 6.07) is 8.93. The van der Waals surface area contributed by atoms with E-state index in [2.05, 4.69) is 10.1 Å². The van der Waals surface area contributed by atoms with Crippen LogP contribution in [-0.4, -0.2) is 21.2 Å². The molecular weight excluding hydrogens is 294 g/mol. The smallest absolute Gasteiger partial charge is 0.338 e. The van der Waals surface area contributed by atoms with Crippen molar-refractivity contribution in [1.82, 2.24) is 10.1 Å². The van der Waals surface area contributed by atoms with E-state index >= 15 is 0 Å². The fraction of sp³-hybridized carbons (Fsp3) is 0. The zero-order valence-corrected chi connectivity index (χ0v) is 11.0. The van der Waals surface area contributed by atoms with Gasteiger partial charge in [-0.05, 0) is 42.5 Å². The van der Waals surface area contributed by atoms with Gasteiger partial charge in [-0.25, -0.2) is 13.6 Å². The second kappa shape index (κ2) is 5.36. The van der Waals surface area contributed by atoms with Gasteiger partial charge >= 0.3 is 5.97 Å². The lowest BCUT2D eigenvalue weighted by Crippen LogP contribution is -2.00. The van der Waals surface area contributed by atoms with Gasteiger partial charge < -0.3 is 9.63 Å². The zero-order valence-electron chi connectivity index (χ0n) is 11.0. The number of rotatable bonds is 3. The molecule has 7 heteroatoms. The van der Waals surface area contributed by atoms with Crippen molar-refractivity contribution in [2.24, 2.45) is 0 Å². The molecule has 110 valence electrons. The van der Waals surface area contributed by atoms with E-state index in [0.717, 1.165) is 12.1 Å². The third-order valence-corrected chi connectivity index (χ3v) is 2.97. The molecule has 0 fully saturated rings. The Bertz CT molecular complexity index is 844. The van der Waals surface area contributed by atoms with Gasteiger partial charge in [0.2, 0.25) is 5.82 Å². The van der Waals surface area contributed by atoms with Gasteiger partial charge in [-0.3, -0.25) is 0 Å². The van der Waals surface area contributed by atoms with Gasteiger partial charge in [0, 0.05) is 11.1 Å². The van der Waals surface area contributed by atoms with Crippen molar-refractivity contribution in [1.29, 1.82) is 0 Å². The van der Waals surface area contributed by atoms with Crippen LogP contribution in [0, 0.1) is 11.6 Å². The van der Waals surface area contributed by atoms with Gasteiger partial charge in [0.15, 0.2) is 0 Å². The van der Waals surface area contributed by atoms with Crippen LogP contribution in [0.15, 0.2) is 47.0 Å². The Morgan fingerprint density at radius 1 is 1.05 bits per heavy atom. The molecular formula is C15H8F2N2O3. The molecule has 0 bridgehead atoms. The molecule has 3 rings (SSSR count). The molecule has 5 nitrogen and oxygen atoms in total. The molecule has 0 aliphatic heterocycles. The molecule has 0 saturated carbocycles. The number of carboxylic acids is 1. The minimum atomic E-state index is -1.39. The van der Waals surface area contributed by atoms with Gasteiger partial charge in [-0.2, -0.15) is 4.98 Å². The molecule has 0 unspecified atom stereocenters. The summed E-state index contributed by atoms with van der Waals surface area (Å²) in [5.74, 6) is -2.37. The summed E-state index contributed by atoms with van der Waals surface area (Å²) < 4.78 is 31.3. The maximum Gasteiger partial charge on any atom is 0.338 e. The first-order valence-corrected chi connectivity index (χ1v) is 6.17. The maximum atomic E-state index is 13.4. The quantitative estimate of drug-likeness (QED) is 0.802. The van der Waals surface area contributed by atoms with Crippen molar-refractivity contribution in [3.05, 3.63) is 59.7 Å². The summed E-state index contributed by atoms with van der Waals surface area (Å²) in [5.41, 5.74) is 0.335. The fourth-order valence-electron chi connectivity index (χ4n) is 1.88. The molecule has 22 heavy (non-hydrogen) atoms. The average molecular weight is 302 g/mol. The van der Waals surface area contributed by atoms with E-state index < -0.39 is 23.2 Å². The van der Waals surface area contributed by atoms with E-state index in [4.69, 9.17) is 9.63 Å². The summed E-state index contributed by atoms with van der Waals surface area (Å²) in [7, 11) is 0. The average Bonchev–Trinajstić information content (AvgIpc) is 2.98. The molecule has 0 saturated heterocycles. The van der Waals surface area contributed by atoms with Gasteiger partial charge in [-0.1, -0.05) is 5.16 Å². The predicted octanol–water partition coefficient (Wildman–Crippen LogP) is 3.38. The largest absolute Gasteiger partial charge is 0.478 e. The van der Waals surface area contributed by atoms with Gasteiger partial charge in [0.05, 0.1) is 5.56 Å². The van der Waals surface area contributed by atoms with Gasteiger partial charge in [-0.15, -0.1) is 0 Å². The summed E-state index contributed by atoms with van der Waals surface area (Å²) >= 11 is 0. The Morgan fingerprint density at radius 3 is 2.41 bits per heavy atom. The van der Waals surface area contributed by atoms with E-state index in [1.165, 1.54) is 30.3 Å². The van der Waals surface area contributed by atoms with Crippen LogP contribution in [0.25, 0.3) is 22.8 Å². The Morgan fingerprint density at radius 2 is 1.73 bits per heavy atom. The summed E-state index contributed by atoms with van der Waals surface area (Å²) in [6.45, 7) is 0. The molecule has 0 aliphatic carbocycles. The predicted molar refractivity (Wildman–Crippen MR) is 72.0 cm³/mol. The lowest BCUT2D eigenvalue weighted by molar-refractivity contribution is 0.0692. The number of carbonyl (C=O) groups is 1. The van der Waals surface area contributed by atoms with Crippen LogP contribution in [0.4, 0.5) is 8.78 Å². The third kappa shape index (κ3) is 2.56. The Kier molecular flexibility index (Phi) is 3.38. The van der Waals surface area contributed by atoms with Crippen molar-refractivity contribution in [3.63, 3.8) is 0 Å². The Balaban J connectivity index is 1.99. The summed E-state index contributed by atoms with van der Waals surface area (Å²) in [4.78, 5) is 15.0. The number of aromatic carboxylic acids is 1. The standard InChI is InChI=1S/C15H8F2N2O3/c16-10-4-1-8(2-5-10)14-18-13(19-22-14)9-3-6-12(17)11(7-9)15(20)21/h1-7H,(H,20,21). The number of aromatic nitrogens is 2.